The first-order valence-electron chi connectivity index (χ1n) is 14.2. The van der Waals surface area contributed by atoms with Crippen molar-refractivity contribution in [2.24, 2.45) is 0 Å². The van der Waals surface area contributed by atoms with Crippen LogP contribution in [0.2, 0.25) is 0 Å². The van der Waals surface area contributed by atoms with Crippen molar-refractivity contribution in [3.05, 3.63) is 30.0 Å². The lowest BCUT2D eigenvalue weighted by Gasteiger charge is -2.43. The third kappa shape index (κ3) is 5.26. The Morgan fingerprint density at radius 3 is 2.54 bits per heavy atom. The molecule has 5 rings (SSSR count). The Balaban J connectivity index is 1.42. The standard InChI is InChI=1S/C29H41N7O3/c1-6-22-28(38)34(3)24-18-30-29(32-26(24)36(22)21-9-7-8-10-21)35(4)23-12-11-19(17-25(23)39-5)27(37)31-20-13-15-33(2)16-14-20/h11-12,17-18,20-22H,6-10,13-16H2,1-5H3,(H,31,37)/t22-/m1/s1. The molecule has 1 N–H and O–H groups in total. The molecule has 1 aromatic carbocycles. The normalized spacial score (nSPS) is 20.7. The fourth-order valence-electron chi connectivity index (χ4n) is 6.16. The van der Waals surface area contributed by atoms with E-state index in [9.17, 15) is 9.59 Å². The summed E-state index contributed by atoms with van der Waals surface area (Å²) >= 11 is 0. The zero-order valence-electron chi connectivity index (χ0n) is 23.8. The number of methoxy groups -OCH3 is 1. The fourth-order valence-corrected chi connectivity index (χ4v) is 6.16. The van der Waals surface area contributed by atoms with E-state index in [1.54, 1.807) is 31.3 Å². The molecule has 1 saturated heterocycles. The maximum atomic E-state index is 13.2. The van der Waals surface area contributed by atoms with E-state index in [4.69, 9.17) is 9.72 Å². The number of aromatic nitrogens is 2. The van der Waals surface area contributed by atoms with Gasteiger partial charge in [-0.15, -0.1) is 0 Å². The number of ether oxygens (including phenoxy) is 1. The Morgan fingerprint density at radius 1 is 1.15 bits per heavy atom. The van der Waals surface area contributed by atoms with Crippen LogP contribution in [-0.2, 0) is 4.79 Å². The average molecular weight is 536 g/mol. The number of rotatable bonds is 7. The fraction of sp³-hybridized carbons (Fsp3) is 0.586. The lowest BCUT2D eigenvalue weighted by atomic mass is 10.0. The second kappa shape index (κ2) is 11.4. The Labute approximate surface area is 231 Å². The Morgan fingerprint density at radius 2 is 1.87 bits per heavy atom. The number of nitrogens with zero attached hydrogens (tertiary/aromatic N) is 6. The molecule has 2 aliphatic heterocycles. The molecule has 1 saturated carbocycles. The van der Waals surface area contributed by atoms with Crippen LogP contribution in [0, 0.1) is 0 Å². The molecule has 1 atom stereocenters. The number of benzene rings is 1. The molecule has 39 heavy (non-hydrogen) atoms. The Bertz CT molecular complexity index is 1210. The summed E-state index contributed by atoms with van der Waals surface area (Å²) in [6, 6.07) is 5.74. The maximum absolute atomic E-state index is 13.2. The molecule has 3 aliphatic rings. The van der Waals surface area contributed by atoms with Gasteiger partial charge in [-0.3, -0.25) is 9.59 Å². The summed E-state index contributed by atoms with van der Waals surface area (Å²) < 4.78 is 5.72. The number of anilines is 4. The van der Waals surface area contributed by atoms with Gasteiger partial charge in [0.05, 0.1) is 19.0 Å². The number of hydrogen-bond acceptors (Lipinski definition) is 8. The highest BCUT2D eigenvalue weighted by Gasteiger charge is 2.41. The van der Waals surface area contributed by atoms with Gasteiger partial charge in [0.1, 0.15) is 17.5 Å². The summed E-state index contributed by atoms with van der Waals surface area (Å²) in [7, 11) is 7.41. The van der Waals surface area contributed by atoms with Crippen LogP contribution in [-0.4, -0.2) is 86.2 Å². The number of nitrogens with one attached hydrogen (secondary N) is 1. The summed E-state index contributed by atoms with van der Waals surface area (Å²) in [4.78, 5) is 44.0. The highest BCUT2D eigenvalue weighted by Crippen LogP contribution is 2.41. The third-order valence-electron chi connectivity index (χ3n) is 8.56. The van der Waals surface area contributed by atoms with Crippen LogP contribution < -0.4 is 24.8 Å². The summed E-state index contributed by atoms with van der Waals surface area (Å²) in [6.07, 6.45) is 8.85. The molecule has 1 aliphatic carbocycles. The molecule has 1 aromatic heterocycles. The average Bonchev–Trinajstić information content (AvgIpc) is 3.49. The van der Waals surface area contributed by atoms with Crippen LogP contribution >= 0.6 is 0 Å². The molecular weight excluding hydrogens is 494 g/mol. The van der Waals surface area contributed by atoms with Crippen molar-refractivity contribution in [1.82, 2.24) is 20.2 Å². The second-order valence-corrected chi connectivity index (χ2v) is 11.0. The lowest BCUT2D eigenvalue weighted by Crippen LogP contribution is -2.55. The maximum Gasteiger partial charge on any atom is 0.251 e. The lowest BCUT2D eigenvalue weighted by molar-refractivity contribution is -0.120. The van der Waals surface area contributed by atoms with E-state index < -0.39 is 0 Å². The first kappa shape index (κ1) is 27.2. The summed E-state index contributed by atoms with van der Waals surface area (Å²) in [5, 5.41) is 3.17. The van der Waals surface area contributed by atoms with Crippen molar-refractivity contribution in [1.29, 1.82) is 0 Å². The van der Waals surface area contributed by atoms with E-state index in [0.717, 1.165) is 62.4 Å². The number of fused-ring (bicyclic) bond motifs is 1. The van der Waals surface area contributed by atoms with Crippen molar-refractivity contribution in [2.45, 2.75) is 70.0 Å². The first-order valence-corrected chi connectivity index (χ1v) is 14.2. The van der Waals surface area contributed by atoms with Gasteiger partial charge in [0.25, 0.3) is 5.91 Å². The monoisotopic (exact) mass is 535 g/mol. The van der Waals surface area contributed by atoms with Crippen molar-refractivity contribution in [2.75, 3.05) is 56.0 Å². The van der Waals surface area contributed by atoms with Gasteiger partial charge in [-0.25, -0.2) is 4.98 Å². The van der Waals surface area contributed by atoms with E-state index >= 15 is 0 Å². The molecule has 0 bridgehead atoms. The molecular formula is C29H41N7O3. The smallest absolute Gasteiger partial charge is 0.251 e. The number of carbonyl (C=O) groups is 2. The van der Waals surface area contributed by atoms with E-state index in [2.05, 4.69) is 34.1 Å². The molecule has 0 unspecified atom stereocenters. The summed E-state index contributed by atoms with van der Waals surface area (Å²) in [5.74, 6) is 1.89. The van der Waals surface area contributed by atoms with Crippen LogP contribution in [0.1, 0.15) is 62.2 Å². The zero-order chi connectivity index (χ0) is 27.7. The minimum Gasteiger partial charge on any atom is -0.495 e. The number of hydrogen-bond donors (Lipinski definition) is 1. The van der Waals surface area contributed by atoms with Crippen molar-refractivity contribution in [3.8, 4) is 5.75 Å². The Hall–Kier alpha value is -3.40. The molecule has 10 nitrogen and oxygen atoms in total. The molecule has 3 heterocycles. The predicted octanol–water partition coefficient (Wildman–Crippen LogP) is 3.58. The van der Waals surface area contributed by atoms with Crippen LogP contribution in [0.5, 0.6) is 5.75 Å². The molecule has 2 amide bonds. The van der Waals surface area contributed by atoms with Gasteiger partial charge in [-0.1, -0.05) is 19.8 Å². The van der Waals surface area contributed by atoms with Gasteiger partial charge >= 0.3 is 0 Å². The highest BCUT2D eigenvalue weighted by molar-refractivity contribution is 6.04. The van der Waals surface area contributed by atoms with E-state index in [0.29, 0.717) is 23.3 Å². The number of amides is 2. The minimum atomic E-state index is -0.226. The van der Waals surface area contributed by atoms with E-state index in [1.165, 1.54) is 12.8 Å². The van der Waals surface area contributed by atoms with E-state index in [1.807, 2.05) is 24.1 Å². The highest BCUT2D eigenvalue weighted by atomic mass is 16.5. The van der Waals surface area contributed by atoms with Gasteiger partial charge in [0.15, 0.2) is 5.82 Å². The zero-order valence-corrected chi connectivity index (χ0v) is 23.8. The van der Waals surface area contributed by atoms with Crippen LogP contribution in [0.25, 0.3) is 0 Å². The number of piperidine rings is 1. The number of carbonyl (C=O) groups excluding carboxylic acids is 2. The van der Waals surface area contributed by atoms with Gasteiger partial charge < -0.3 is 29.7 Å². The van der Waals surface area contributed by atoms with Crippen molar-refractivity contribution in [3.63, 3.8) is 0 Å². The van der Waals surface area contributed by atoms with Gasteiger partial charge in [0, 0.05) is 31.7 Å². The molecule has 0 spiro atoms. The van der Waals surface area contributed by atoms with Gasteiger partial charge in [0.2, 0.25) is 11.9 Å². The topological polar surface area (TPSA) is 94.1 Å². The SMILES string of the molecule is CC[C@@H]1C(=O)N(C)c2cnc(N(C)c3ccc(C(=O)NC4CCN(C)CC4)cc3OC)nc2N1C1CCCC1. The largest absolute Gasteiger partial charge is 0.495 e. The van der Waals surface area contributed by atoms with Gasteiger partial charge in [-0.2, -0.15) is 4.98 Å². The van der Waals surface area contributed by atoms with Crippen LogP contribution in [0.15, 0.2) is 24.4 Å². The quantitative estimate of drug-likeness (QED) is 0.575. The summed E-state index contributed by atoms with van der Waals surface area (Å²) in [6.45, 7) is 4.03. The van der Waals surface area contributed by atoms with Gasteiger partial charge in [-0.05, 0) is 70.4 Å². The number of likely N-dealkylation sites (N-methyl/N-ethyl adjacent to an activating group) is 1. The molecule has 10 heteroatoms. The molecule has 2 fully saturated rings. The van der Waals surface area contributed by atoms with E-state index in [-0.39, 0.29) is 23.9 Å². The Kier molecular flexibility index (Phi) is 7.93. The molecule has 210 valence electrons. The van der Waals surface area contributed by atoms with Crippen molar-refractivity contribution >= 4 is 35.0 Å². The third-order valence-corrected chi connectivity index (χ3v) is 8.56. The van der Waals surface area contributed by atoms with Crippen molar-refractivity contribution < 1.29 is 14.3 Å². The molecule has 0 radical (unpaired) electrons. The van der Waals surface area contributed by atoms with Crippen LogP contribution in [0.4, 0.5) is 23.1 Å². The predicted molar refractivity (Wildman–Crippen MR) is 153 cm³/mol. The summed E-state index contributed by atoms with van der Waals surface area (Å²) in [5.41, 5.74) is 2.06. The minimum absolute atomic E-state index is 0.0902. The first-order chi connectivity index (χ1) is 18.8. The second-order valence-electron chi connectivity index (χ2n) is 11.0. The molecule has 2 aromatic rings. The van der Waals surface area contributed by atoms with Crippen LogP contribution in [0.3, 0.4) is 0 Å². The number of likely N-dealkylation sites (tertiary alicyclic amines) is 1.